The van der Waals surface area contributed by atoms with Gasteiger partial charge in [-0.2, -0.15) is 0 Å². The van der Waals surface area contributed by atoms with Crippen molar-refractivity contribution in [1.29, 1.82) is 0 Å². The van der Waals surface area contributed by atoms with Crippen LogP contribution in [0.2, 0.25) is 10.0 Å². The third-order valence-electron chi connectivity index (χ3n) is 4.58. The first kappa shape index (κ1) is 16.4. The number of amides is 1. The van der Waals surface area contributed by atoms with E-state index >= 15 is 0 Å². The zero-order valence-electron chi connectivity index (χ0n) is 13.4. The summed E-state index contributed by atoms with van der Waals surface area (Å²) in [5.74, 6) is 0.983. The second-order valence-corrected chi connectivity index (χ2v) is 7.05. The SMILES string of the molecule is O=C(c1ccc(Cl)cc1Cl)N1CCCC(c2nnc3ccccn23)C1. The molecular weight excluding hydrogens is 359 g/mol. The number of pyridine rings is 1. The van der Waals surface area contributed by atoms with Gasteiger partial charge in [0.15, 0.2) is 5.65 Å². The molecule has 2 aromatic heterocycles. The Morgan fingerprint density at radius 3 is 2.88 bits per heavy atom. The fourth-order valence-corrected chi connectivity index (χ4v) is 3.83. The third-order valence-corrected chi connectivity index (χ3v) is 5.12. The normalized spacial score (nSPS) is 17.8. The van der Waals surface area contributed by atoms with Crippen molar-refractivity contribution in [1.82, 2.24) is 19.5 Å². The molecule has 0 spiro atoms. The van der Waals surface area contributed by atoms with Gasteiger partial charge < -0.3 is 4.90 Å². The highest BCUT2D eigenvalue weighted by molar-refractivity contribution is 6.36. The Labute approximate surface area is 155 Å². The van der Waals surface area contributed by atoms with Gasteiger partial charge in [0, 0.05) is 30.2 Å². The maximum absolute atomic E-state index is 12.9. The van der Waals surface area contributed by atoms with Crippen molar-refractivity contribution in [3.8, 4) is 0 Å². The average molecular weight is 375 g/mol. The fourth-order valence-electron chi connectivity index (χ4n) is 3.34. The lowest BCUT2D eigenvalue weighted by Gasteiger charge is -2.32. The summed E-state index contributed by atoms with van der Waals surface area (Å²) in [6.07, 6.45) is 3.86. The smallest absolute Gasteiger partial charge is 0.255 e. The first-order valence-electron chi connectivity index (χ1n) is 8.17. The number of hydrogen-bond acceptors (Lipinski definition) is 3. The van der Waals surface area contributed by atoms with Crippen molar-refractivity contribution in [2.75, 3.05) is 13.1 Å². The summed E-state index contributed by atoms with van der Waals surface area (Å²) < 4.78 is 1.99. The largest absolute Gasteiger partial charge is 0.338 e. The molecule has 25 heavy (non-hydrogen) atoms. The van der Waals surface area contributed by atoms with Crippen LogP contribution in [0.4, 0.5) is 0 Å². The van der Waals surface area contributed by atoms with Crippen LogP contribution in [0.3, 0.4) is 0 Å². The van der Waals surface area contributed by atoms with Gasteiger partial charge in [0.25, 0.3) is 5.91 Å². The van der Waals surface area contributed by atoms with Gasteiger partial charge in [-0.15, -0.1) is 10.2 Å². The number of aromatic nitrogens is 3. The van der Waals surface area contributed by atoms with Crippen LogP contribution in [0.25, 0.3) is 5.65 Å². The van der Waals surface area contributed by atoms with Crippen molar-refractivity contribution in [2.24, 2.45) is 0 Å². The fraction of sp³-hybridized carbons (Fsp3) is 0.278. The molecule has 0 radical (unpaired) electrons. The van der Waals surface area contributed by atoms with E-state index in [1.54, 1.807) is 18.2 Å². The van der Waals surface area contributed by atoms with E-state index in [-0.39, 0.29) is 11.8 Å². The van der Waals surface area contributed by atoms with E-state index < -0.39 is 0 Å². The highest BCUT2D eigenvalue weighted by Gasteiger charge is 2.29. The van der Waals surface area contributed by atoms with E-state index in [0.29, 0.717) is 28.7 Å². The van der Waals surface area contributed by atoms with Gasteiger partial charge in [-0.1, -0.05) is 29.3 Å². The van der Waals surface area contributed by atoms with Crippen LogP contribution in [0, 0.1) is 0 Å². The lowest BCUT2D eigenvalue weighted by Crippen LogP contribution is -2.39. The lowest BCUT2D eigenvalue weighted by atomic mass is 9.96. The van der Waals surface area contributed by atoms with Crippen molar-refractivity contribution in [3.63, 3.8) is 0 Å². The van der Waals surface area contributed by atoms with E-state index in [4.69, 9.17) is 23.2 Å². The molecule has 3 heterocycles. The summed E-state index contributed by atoms with van der Waals surface area (Å²) in [4.78, 5) is 14.7. The highest BCUT2D eigenvalue weighted by atomic mass is 35.5. The van der Waals surface area contributed by atoms with Gasteiger partial charge in [0.1, 0.15) is 5.82 Å². The van der Waals surface area contributed by atoms with Crippen LogP contribution in [-0.2, 0) is 0 Å². The first-order valence-corrected chi connectivity index (χ1v) is 8.93. The Bertz CT molecular complexity index is 940. The molecule has 0 bridgehead atoms. The van der Waals surface area contributed by atoms with Crippen LogP contribution >= 0.6 is 23.2 Å². The van der Waals surface area contributed by atoms with Crippen molar-refractivity contribution >= 4 is 34.8 Å². The summed E-state index contributed by atoms with van der Waals surface area (Å²) in [7, 11) is 0. The number of carbonyl (C=O) groups excluding carboxylic acids is 1. The van der Waals surface area contributed by atoms with E-state index in [9.17, 15) is 4.79 Å². The molecule has 128 valence electrons. The van der Waals surface area contributed by atoms with Crippen LogP contribution in [0.15, 0.2) is 42.6 Å². The van der Waals surface area contributed by atoms with E-state index in [1.807, 2.05) is 33.7 Å². The molecule has 0 saturated carbocycles. The number of hydrogen-bond donors (Lipinski definition) is 0. The number of carbonyl (C=O) groups is 1. The minimum absolute atomic E-state index is 0.0693. The van der Waals surface area contributed by atoms with Crippen LogP contribution in [-0.4, -0.2) is 38.5 Å². The van der Waals surface area contributed by atoms with Crippen LogP contribution < -0.4 is 0 Å². The van der Waals surface area contributed by atoms with Crippen molar-refractivity contribution in [2.45, 2.75) is 18.8 Å². The third kappa shape index (κ3) is 3.10. The zero-order valence-corrected chi connectivity index (χ0v) is 14.9. The molecule has 0 N–H and O–H groups in total. The Kier molecular flexibility index (Phi) is 4.36. The molecule has 1 aromatic carbocycles. The second kappa shape index (κ2) is 6.65. The Morgan fingerprint density at radius 1 is 1.16 bits per heavy atom. The Hall–Kier alpha value is -2.11. The number of halogens is 2. The monoisotopic (exact) mass is 374 g/mol. The van der Waals surface area contributed by atoms with Gasteiger partial charge >= 0.3 is 0 Å². The van der Waals surface area contributed by atoms with Gasteiger partial charge in [-0.3, -0.25) is 9.20 Å². The number of likely N-dealkylation sites (tertiary alicyclic amines) is 1. The zero-order chi connectivity index (χ0) is 17.4. The molecule has 4 rings (SSSR count). The molecule has 1 aliphatic heterocycles. The molecule has 1 unspecified atom stereocenters. The summed E-state index contributed by atoms with van der Waals surface area (Å²) in [5.41, 5.74) is 1.31. The quantitative estimate of drug-likeness (QED) is 0.679. The molecule has 0 aliphatic carbocycles. The molecule has 1 fully saturated rings. The average Bonchev–Trinajstić information content (AvgIpc) is 3.05. The Morgan fingerprint density at radius 2 is 2.04 bits per heavy atom. The summed E-state index contributed by atoms with van der Waals surface area (Å²) >= 11 is 12.1. The van der Waals surface area contributed by atoms with Crippen LogP contribution in [0.5, 0.6) is 0 Å². The lowest BCUT2D eigenvalue weighted by molar-refractivity contribution is 0.0704. The second-order valence-electron chi connectivity index (χ2n) is 6.20. The van der Waals surface area contributed by atoms with Crippen molar-refractivity contribution in [3.05, 3.63) is 64.0 Å². The Balaban J connectivity index is 1.59. The maximum atomic E-state index is 12.9. The van der Waals surface area contributed by atoms with Crippen molar-refractivity contribution < 1.29 is 4.79 Å². The predicted molar refractivity (Wildman–Crippen MR) is 97.3 cm³/mol. The number of rotatable bonds is 2. The van der Waals surface area contributed by atoms with Gasteiger partial charge in [-0.25, -0.2) is 0 Å². The van der Waals surface area contributed by atoms with Gasteiger partial charge in [-0.05, 0) is 43.2 Å². The van der Waals surface area contributed by atoms with Gasteiger partial charge in [0.2, 0.25) is 0 Å². The highest BCUT2D eigenvalue weighted by Crippen LogP contribution is 2.29. The minimum atomic E-state index is -0.0693. The standard InChI is InChI=1S/C18H16Cl2N4O/c19-13-6-7-14(15(20)10-13)18(25)23-8-3-4-12(11-23)17-22-21-16-5-1-2-9-24(16)17/h1-2,5-7,9-10,12H,3-4,8,11H2. The summed E-state index contributed by atoms with van der Waals surface area (Å²) in [5, 5.41) is 9.47. The number of fused-ring (bicyclic) bond motifs is 1. The van der Waals surface area contributed by atoms with E-state index in [2.05, 4.69) is 10.2 Å². The molecule has 1 saturated heterocycles. The summed E-state index contributed by atoms with van der Waals surface area (Å²) in [6.45, 7) is 1.32. The van der Waals surface area contributed by atoms with E-state index in [1.165, 1.54) is 0 Å². The van der Waals surface area contributed by atoms with Crippen LogP contribution in [0.1, 0.15) is 34.9 Å². The molecule has 1 amide bonds. The molecular formula is C18H16Cl2N4O. The topological polar surface area (TPSA) is 50.5 Å². The minimum Gasteiger partial charge on any atom is -0.338 e. The van der Waals surface area contributed by atoms with E-state index in [0.717, 1.165) is 24.3 Å². The molecule has 1 atom stereocenters. The van der Waals surface area contributed by atoms with Gasteiger partial charge in [0.05, 0.1) is 10.6 Å². The summed E-state index contributed by atoms with van der Waals surface area (Å²) in [6, 6.07) is 10.8. The molecule has 5 nitrogen and oxygen atoms in total. The maximum Gasteiger partial charge on any atom is 0.255 e. The first-order chi connectivity index (χ1) is 12.1. The molecule has 3 aromatic rings. The number of piperidine rings is 1. The number of benzene rings is 1. The molecule has 7 heteroatoms. The number of nitrogens with zero attached hydrogens (tertiary/aromatic N) is 4. The predicted octanol–water partition coefficient (Wildman–Crippen LogP) is 4.06. The molecule has 1 aliphatic rings.